The SMILES string of the molecule is CCCC(C)(O)CNCC(=O)NC1CCOCC1. The molecule has 0 saturated carbocycles. The number of amides is 1. The van der Waals surface area contributed by atoms with Gasteiger partial charge in [-0.3, -0.25) is 4.79 Å². The highest BCUT2D eigenvalue weighted by Crippen LogP contribution is 2.09. The number of ether oxygens (including phenoxy) is 1. The molecule has 0 aromatic rings. The molecule has 5 nitrogen and oxygen atoms in total. The van der Waals surface area contributed by atoms with Gasteiger partial charge in [-0.25, -0.2) is 0 Å². The van der Waals surface area contributed by atoms with Crippen molar-refractivity contribution >= 4 is 5.91 Å². The van der Waals surface area contributed by atoms with Gasteiger partial charge in [0.1, 0.15) is 0 Å². The van der Waals surface area contributed by atoms with Crippen LogP contribution in [0.15, 0.2) is 0 Å². The number of hydrogen-bond donors (Lipinski definition) is 3. The Kier molecular flexibility index (Phi) is 6.60. The van der Waals surface area contributed by atoms with Crippen molar-refractivity contribution in [1.29, 1.82) is 0 Å². The molecule has 1 heterocycles. The first-order valence-corrected chi connectivity index (χ1v) is 6.84. The normalized spacial score (nSPS) is 20.4. The van der Waals surface area contributed by atoms with Crippen molar-refractivity contribution in [3.8, 4) is 0 Å². The molecular weight excluding hydrogens is 232 g/mol. The summed E-state index contributed by atoms with van der Waals surface area (Å²) in [4.78, 5) is 11.7. The third kappa shape index (κ3) is 6.33. The number of hydrogen-bond acceptors (Lipinski definition) is 4. The molecule has 0 aromatic heterocycles. The van der Waals surface area contributed by atoms with Crippen LogP contribution in [0.2, 0.25) is 0 Å². The average molecular weight is 258 g/mol. The average Bonchev–Trinajstić information content (AvgIpc) is 2.29. The van der Waals surface area contributed by atoms with E-state index in [1.165, 1.54) is 0 Å². The standard InChI is InChI=1S/C13H26N2O3/c1-3-6-13(2,17)10-14-9-12(16)15-11-4-7-18-8-5-11/h11,14,17H,3-10H2,1-2H3,(H,15,16). The monoisotopic (exact) mass is 258 g/mol. The van der Waals surface area contributed by atoms with Crippen molar-refractivity contribution in [3.05, 3.63) is 0 Å². The highest BCUT2D eigenvalue weighted by Gasteiger charge is 2.19. The summed E-state index contributed by atoms with van der Waals surface area (Å²) in [6, 6.07) is 0.240. The minimum atomic E-state index is -0.728. The zero-order chi connectivity index (χ0) is 13.4. The van der Waals surface area contributed by atoms with Gasteiger partial charge in [-0.1, -0.05) is 13.3 Å². The fourth-order valence-corrected chi connectivity index (χ4v) is 2.19. The summed E-state index contributed by atoms with van der Waals surface area (Å²) < 4.78 is 5.23. The molecule has 0 spiro atoms. The van der Waals surface area contributed by atoms with Crippen LogP contribution in [0.4, 0.5) is 0 Å². The second-order valence-electron chi connectivity index (χ2n) is 5.30. The molecule has 1 amide bonds. The van der Waals surface area contributed by atoms with E-state index >= 15 is 0 Å². The molecule has 5 heteroatoms. The van der Waals surface area contributed by atoms with Gasteiger partial charge >= 0.3 is 0 Å². The maximum Gasteiger partial charge on any atom is 0.234 e. The minimum absolute atomic E-state index is 0.00537. The van der Waals surface area contributed by atoms with Crippen LogP contribution in [0.1, 0.15) is 39.5 Å². The maximum atomic E-state index is 11.7. The van der Waals surface area contributed by atoms with Crippen molar-refractivity contribution in [2.45, 2.75) is 51.2 Å². The molecule has 3 N–H and O–H groups in total. The Morgan fingerprint density at radius 3 is 2.72 bits per heavy atom. The summed E-state index contributed by atoms with van der Waals surface area (Å²) in [5, 5.41) is 15.9. The van der Waals surface area contributed by atoms with E-state index in [0.29, 0.717) is 6.54 Å². The Morgan fingerprint density at radius 1 is 1.44 bits per heavy atom. The Bertz CT molecular complexity index is 251. The molecule has 0 aliphatic carbocycles. The van der Waals surface area contributed by atoms with Crippen molar-refractivity contribution in [3.63, 3.8) is 0 Å². The van der Waals surface area contributed by atoms with Gasteiger partial charge in [0.05, 0.1) is 12.1 Å². The van der Waals surface area contributed by atoms with Crippen LogP contribution in [0.5, 0.6) is 0 Å². The van der Waals surface area contributed by atoms with Gasteiger partial charge in [0, 0.05) is 25.8 Å². The van der Waals surface area contributed by atoms with Crippen LogP contribution >= 0.6 is 0 Å². The summed E-state index contributed by atoms with van der Waals surface area (Å²) in [5.41, 5.74) is -0.728. The van der Waals surface area contributed by atoms with E-state index < -0.39 is 5.60 Å². The first-order chi connectivity index (χ1) is 8.53. The number of carbonyl (C=O) groups excluding carboxylic acids is 1. The van der Waals surface area contributed by atoms with Gasteiger partial charge in [-0.15, -0.1) is 0 Å². The molecule has 1 saturated heterocycles. The molecule has 1 aliphatic rings. The third-order valence-corrected chi connectivity index (χ3v) is 3.17. The van der Waals surface area contributed by atoms with Gasteiger partial charge in [-0.2, -0.15) is 0 Å². The largest absolute Gasteiger partial charge is 0.389 e. The molecule has 106 valence electrons. The quantitative estimate of drug-likeness (QED) is 0.619. The van der Waals surface area contributed by atoms with E-state index in [-0.39, 0.29) is 18.5 Å². The molecule has 1 fully saturated rings. The number of carbonyl (C=O) groups is 1. The Balaban J connectivity index is 2.12. The molecule has 1 atom stereocenters. The van der Waals surface area contributed by atoms with E-state index in [1.54, 1.807) is 6.92 Å². The van der Waals surface area contributed by atoms with Gasteiger partial charge < -0.3 is 20.5 Å². The lowest BCUT2D eigenvalue weighted by Gasteiger charge is -2.25. The van der Waals surface area contributed by atoms with Crippen LogP contribution in [0, 0.1) is 0 Å². The lowest BCUT2D eigenvalue weighted by atomic mass is 10.0. The van der Waals surface area contributed by atoms with Crippen LogP contribution in [0.3, 0.4) is 0 Å². The van der Waals surface area contributed by atoms with E-state index in [4.69, 9.17) is 4.74 Å². The predicted octanol–water partition coefficient (Wildman–Crippen LogP) is 0.422. The van der Waals surface area contributed by atoms with Crippen LogP contribution < -0.4 is 10.6 Å². The molecular formula is C13H26N2O3. The summed E-state index contributed by atoms with van der Waals surface area (Å²) in [6.45, 7) is 5.98. The van der Waals surface area contributed by atoms with Crippen molar-refractivity contribution in [2.24, 2.45) is 0 Å². The van der Waals surface area contributed by atoms with Crippen molar-refractivity contribution in [2.75, 3.05) is 26.3 Å². The topological polar surface area (TPSA) is 70.6 Å². The predicted molar refractivity (Wildman–Crippen MR) is 70.4 cm³/mol. The van der Waals surface area contributed by atoms with E-state index in [1.807, 2.05) is 6.92 Å². The molecule has 1 unspecified atom stereocenters. The number of nitrogens with one attached hydrogen (secondary N) is 2. The highest BCUT2D eigenvalue weighted by atomic mass is 16.5. The summed E-state index contributed by atoms with van der Waals surface area (Å²) in [6.07, 6.45) is 3.45. The zero-order valence-electron chi connectivity index (χ0n) is 11.5. The Labute approximate surface area is 109 Å². The van der Waals surface area contributed by atoms with Crippen LogP contribution in [-0.2, 0) is 9.53 Å². The molecule has 0 aromatic carbocycles. The van der Waals surface area contributed by atoms with Gasteiger partial charge in [0.2, 0.25) is 5.91 Å². The highest BCUT2D eigenvalue weighted by molar-refractivity contribution is 5.78. The fraction of sp³-hybridized carbons (Fsp3) is 0.923. The first-order valence-electron chi connectivity index (χ1n) is 6.84. The van der Waals surface area contributed by atoms with E-state index in [9.17, 15) is 9.90 Å². The maximum absolute atomic E-state index is 11.7. The summed E-state index contributed by atoms with van der Waals surface area (Å²) >= 11 is 0. The van der Waals surface area contributed by atoms with Crippen LogP contribution in [-0.4, -0.2) is 49.0 Å². The fourth-order valence-electron chi connectivity index (χ4n) is 2.19. The van der Waals surface area contributed by atoms with E-state index in [0.717, 1.165) is 38.9 Å². The van der Waals surface area contributed by atoms with E-state index in [2.05, 4.69) is 10.6 Å². The molecule has 0 bridgehead atoms. The van der Waals surface area contributed by atoms with Crippen LogP contribution in [0.25, 0.3) is 0 Å². The van der Waals surface area contributed by atoms with Gasteiger partial charge in [-0.05, 0) is 26.2 Å². The van der Waals surface area contributed by atoms with Crippen molar-refractivity contribution < 1.29 is 14.6 Å². The number of rotatable bonds is 7. The Morgan fingerprint density at radius 2 is 2.11 bits per heavy atom. The lowest BCUT2D eigenvalue weighted by Crippen LogP contribution is -2.46. The van der Waals surface area contributed by atoms with Crippen molar-refractivity contribution in [1.82, 2.24) is 10.6 Å². The smallest absolute Gasteiger partial charge is 0.234 e. The molecule has 18 heavy (non-hydrogen) atoms. The Hall–Kier alpha value is -0.650. The second-order valence-corrected chi connectivity index (χ2v) is 5.30. The minimum Gasteiger partial charge on any atom is -0.389 e. The zero-order valence-corrected chi connectivity index (χ0v) is 11.5. The summed E-state index contributed by atoms with van der Waals surface area (Å²) in [5.74, 6) is -0.00537. The molecule has 1 aliphatic heterocycles. The lowest BCUT2D eigenvalue weighted by molar-refractivity contribution is -0.121. The molecule has 0 radical (unpaired) electrons. The van der Waals surface area contributed by atoms with Gasteiger partial charge in [0.15, 0.2) is 0 Å². The second kappa shape index (κ2) is 7.71. The third-order valence-electron chi connectivity index (χ3n) is 3.17. The van der Waals surface area contributed by atoms with Gasteiger partial charge in [0.25, 0.3) is 0 Å². The number of aliphatic hydroxyl groups is 1. The first kappa shape index (κ1) is 15.4. The molecule has 1 rings (SSSR count). The summed E-state index contributed by atoms with van der Waals surface area (Å²) in [7, 11) is 0.